The Morgan fingerprint density at radius 1 is 1.29 bits per heavy atom. The Morgan fingerprint density at radius 3 is 2.65 bits per heavy atom. The van der Waals surface area contributed by atoms with Crippen molar-refractivity contribution in [3.05, 3.63) is 29.3 Å². The number of nitrogens with one attached hydrogen (secondary N) is 1. The van der Waals surface area contributed by atoms with E-state index >= 15 is 0 Å². The van der Waals surface area contributed by atoms with Crippen LogP contribution in [0.2, 0.25) is 0 Å². The second-order valence-electron chi connectivity index (χ2n) is 4.64. The second kappa shape index (κ2) is 7.30. The fraction of sp³-hybridized carbons (Fsp3) is 0.571. The molecule has 0 aromatic heterocycles. The molecule has 0 spiro atoms. The van der Waals surface area contributed by atoms with Crippen LogP contribution in [0.1, 0.15) is 17.5 Å². The van der Waals surface area contributed by atoms with Crippen molar-refractivity contribution in [3.63, 3.8) is 0 Å². The lowest BCUT2D eigenvalue weighted by molar-refractivity contribution is 0.394. The zero-order valence-electron chi connectivity index (χ0n) is 11.4. The maximum Gasteiger partial charge on any atom is 0.121 e. The van der Waals surface area contributed by atoms with Gasteiger partial charge in [-0.05, 0) is 57.7 Å². The molecule has 0 fully saturated rings. The minimum Gasteiger partial charge on any atom is -0.496 e. The normalized spacial score (nSPS) is 10.9. The van der Waals surface area contributed by atoms with Gasteiger partial charge in [0.2, 0.25) is 0 Å². The fourth-order valence-electron chi connectivity index (χ4n) is 1.80. The lowest BCUT2D eigenvalue weighted by atomic mass is 10.1. The molecule has 0 saturated heterocycles. The van der Waals surface area contributed by atoms with Crippen molar-refractivity contribution in [2.24, 2.45) is 0 Å². The highest BCUT2D eigenvalue weighted by Gasteiger charge is 1.99. The van der Waals surface area contributed by atoms with E-state index in [1.165, 1.54) is 17.5 Å². The van der Waals surface area contributed by atoms with E-state index in [-0.39, 0.29) is 0 Å². The molecule has 0 atom stereocenters. The van der Waals surface area contributed by atoms with Crippen molar-refractivity contribution in [3.8, 4) is 5.75 Å². The van der Waals surface area contributed by atoms with Crippen molar-refractivity contribution in [2.75, 3.05) is 34.3 Å². The summed E-state index contributed by atoms with van der Waals surface area (Å²) in [4.78, 5) is 2.21. The van der Waals surface area contributed by atoms with Crippen LogP contribution in [-0.2, 0) is 6.54 Å². The molecule has 0 amide bonds. The highest BCUT2D eigenvalue weighted by Crippen LogP contribution is 2.18. The van der Waals surface area contributed by atoms with Gasteiger partial charge in [0, 0.05) is 6.54 Å². The van der Waals surface area contributed by atoms with E-state index in [2.05, 4.69) is 43.4 Å². The summed E-state index contributed by atoms with van der Waals surface area (Å²) in [7, 11) is 5.92. The van der Waals surface area contributed by atoms with Crippen LogP contribution in [0.15, 0.2) is 18.2 Å². The molecule has 0 aliphatic rings. The predicted octanol–water partition coefficient (Wildman–Crippen LogP) is 2.04. The average molecular weight is 236 g/mol. The smallest absolute Gasteiger partial charge is 0.121 e. The van der Waals surface area contributed by atoms with E-state index in [0.29, 0.717) is 0 Å². The molecule has 3 nitrogen and oxygen atoms in total. The summed E-state index contributed by atoms with van der Waals surface area (Å²) in [5, 5.41) is 3.45. The van der Waals surface area contributed by atoms with Gasteiger partial charge in [-0.3, -0.25) is 0 Å². The van der Waals surface area contributed by atoms with Gasteiger partial charge >= 0.3 is 0 Å². The van der Waals surface area contributed by atoms with Crippen LogP contribution < -0.4 is 10.1 Å². The maximum atomic E-state index is 5.24. The molecule has 0 radical (unpaired) electrons. The van der Waals surface area contributed by atoms with Crippen LogP contribution in [0.4, 0.5) is 0 Å². The molecule has 1 aromatic rings. The molecule has 0 aliphatic carbocycles. The summed E-state index contributed by atoms with van der Waals surface area (Å²) in [5.74, 6) is 0.960. The number of aryl methyl sites for hydroxylation is 1. The Labute approximate surface area is 105 Å². The number of hydrogen-bond acceptors (Lipinski definition) is 3. The number of hydrogen-bond donors (Lipinski definition) is 1. The molecule has 17 heavy (non-hydrogen) atoms. The molecule has 0 heterocycles. The molecule has 0 saturated carbocycles. The second-order valence-corrected chi connectivity index (χ2v) is 4.64. The van der Waals surface area contributed by atoms with Crippen LogP contribution in [0, 0.1) is 6.92 Å². The first-order chi connectivity index (χ1) is 8.13. The first-order valence-electron chi connectivity index (χ1n) is 6.12. The van der Waals surface area contributed by atoms with Crippen LogP contribution in [0.3, 0.4) is 0 Å². The molecule has 0 unspecified atom stereocenters. The highest BCUT2D eigenvalue weighted by atomic mass is 16.5. The third kappa shape index (κ3) is 5.20. The molecule has 1 N–H and O–H groups in total. The standard InChI is InChI=1S/C14H24N2O/c1-12-10-13(6-7-14(12)17-4)11-15-8-5-9-16(2)3/h6-7,10,15H,5,8-9,11H2,1-4H3. The maximum absolute atomic E-state index is 5.24. The molecular formula is C14H24N2O. The topological polar surface area (TPSA) is 24.5 Å². The SMILES string of the molecule is COc1ccc(CNCCCN(C)C)cc1C. The van der Waals surface area contributed by atoms with Crippen molar-refractivity contribution in [1.82, 2.24) is 10.2 Å². The van der Waals surface area contributed by atoms with Gasteiger partial charge in [-0.25, -0.2) is 0 Å². The molecule has 3 heteroatoms. The Balaban J connectivity index is 2.30. The Kier molecular flexibility index (Phi) is 6.01. The minimum atomic E-state index is 0.929. The van der Waals surface area contributed by atoms with Gasteiger partial charge in [-0.15, -0.1) is 0 Å². The van der Waals surface area contributed by atoms with Gasteiger partial charge in [0.05, 0.1) is 7.11 Å². The monoisotopic (exact) mass is 236 g/mol. The highest BCUT2D eigenvalue weighted by molar-refractivity contribution is 5.36. The molecule has 96 valence electrons. The van der Waals surface area contributed by atoms with Crippen LogP contribution >= 0.6 is 0 Å². The summed E-state index contributed by atoms with van der Waals surface area (Å²) in [6, 6.07) is 6.33. The third-order valence-electron chi connectivity index (χ3n) is 2.75. The summed E-state index contributed by atoms with van der Waals surface area (Å²) in [6.45, 7) is 5.20. The summed E-state index contributed by atoms with van der Waals surface area (Å²) >= 11 is 0. The van der Waals surface area contributed by atoms with Gasteiger partial charge < -0.3 is 15.0 Å². The van der Waals surface area contributed by atoms with E-state index in [9.17, 15) is 0 Å². The van der Waals surface area contributed by atoms with Gasteiger partial charge in [0.25, 0.3) is 0 Å². The predicted molar refractivity (Wildman–Crippen MR) is 72.6 cm³/mol. The van der Waals surface area contributed by atoms with Crippen LogP contribution in [0.25, 0.3) is 0 Å². The van der Waals surface area contributed by atoms with E-state index in [4.69, 9.17) is 4.74 Å². The molecule has 1 rings (SSSR count). The van der Waals surface area contributed by atoms with E-state index < -0.39 is 0 Å². The van der Waals surface area contributed by atoms with Gasteiger partial charge in [-0.2, -0.15) is 0 Å². The zero-order chi connectivity index (χ0) is 12.7. The lowest BCUT2D eigenvalue weighted by Gasteiger charge is -2.11. The number of ether oxygens (including phenoxy) is 1. The molecule has 0 bridgehead atoms. The minimum absolute atomic E-state index is 0.929. The molecule has 1 aromatic carbocycles. The summed E-state index contributed by atoms with van der Waals surface area (Å²) in [5.41, 5.74) is 2.51. The van der Waals surface area contributed by atoms with E-state index in [1.807, 2.05) is 6.07 Å². The summed E-state index contributed by atoms with van der Waals surface area (Å²) < 4.78 is 5.24. The largest absolute Gasteiger partial charge is 0.496 e. The number of nitrogens with zero attached hydrogens (tertiary/aromatic N) is 1. The molecular weight excluding hydrogens is 212 g/mol. The van der Waals surface area contributed by atoms with E-state index in [0.717, 1.165) is 25.4 Å². The van der Waals surface area contributed by atoms with Gasteiger partial charge in [0.1, 0.15) is 5.75 Å². The Hall–Kier alpha value is -1.06. The number of methoxy groups -OCH3 is 1. The first kappa shape index (κ1) is 14.0. The van der Waals surface area contributed by atoms with Crippen LogP contribution in [0.5, 0.6) is 5.75 Å². The summed E-state index contributed by atoms with van der Waals surface area (Å²) in [6.07, 6.45) is 1.18. The van der Waals surface area contributed by atoms with E-state index in [1.54, 1.807) is 7.11 Å². The number of benzene rings is 1. The van der Waals surface area contributed by atoms with Gasteiger partial charge in [0.15, 0.2) is 0 Å². The van der Waals surface area contributed by atoms with Crippen molar-refractivity contribution < 1.29 is 4.74 Å². The van der Waals surface area contributed by atoms with Gasteiger partial charge in [-0.1, -0.05) is 12.1 Å². The fourth-order valence-corrected chi connectivity index (χ4v) is 1.80. The zero-order valence-corrected chi connectivity index (χ0v) is 11.4. The van der Waals surface area contributed by atoms with Crippen molar-refractivity contribution in [2.45, 2.75) is 19.9 Å². The lowest BCUT2D eigenvalue weighted by Crippen LogP contribution is -2.21. The van der Waals surface area contributed by atoms with Crippen molar-refractivity contribution >= 4 is 0 Å². The Morgan fingerprint density at radius 2 is 2.06 bits per heavy atom. The quantitative estimate of drug-likeness (QED) is 0.733. The third-order valence-corrected chi connectivity index (χ3v) is 2.75. The first-order valence-corrected chi connectivity index (χ1v) is 6.12. The average Bonchev–Trinajstić information content (AvgIpc) is 2.28. The molecule has 0 aliphatic heterocycles. The number of rotatable bonds is 7. The van der Waals surface area contributed by atoms with Crippen molar-refractivity contribution in [1.29, 1.82) is 0 Å². The Bertz CT molecular complexity index is 337. The van der Waals surface area contributed by atoms with Crippen LogP contribution in [-0.4, -0.2) is 39.2 Å².